The van der Waals surface area contributed by atoms with Gasteiger partial charge in [-0.1, -0.05) is 0 Å². The van der Waals surface area contributed by atoms with Crippen LogP contribution in [-0.4, -0.2) is 82.1 Å². The molecular formula is C17H31N5O7S2. The summed E-state index contributed by atoms with van der Waals surface area (Å²) in [6, 6.07) is -4.66. The van der Waals surface area contributed by atoms with Crippen LogP contribution in [0.2, 0.25) is 0 Å². The molecule has 4 unspecified atom stereocenters. The maximum Gasteiger partial charge on any atom is 0.327 e. The summed E-state index contributed by atoms with van der Waals surface area (Å²) in [5.41, 5.74) is 11.0. The summed E-state index contributed by atoms with van der Waals surface area (Å²) in [5.74, 6) is -4.88. The summed E-state index contributed by atoms with van der Waals surface area (Å²) >= 11 is 7.78. The first kappa shape index (κ1) is 29.0. The first-order valence-corrected chi connectivity index (χ1v) is 10.9. The molecule has 0 aliphatic rings. The van der Waals surface area contributed by atoms with Gasteiger partial charge in [0.05, 0.1) is 6.04 Å². The number of nitrogens with two attached hydrogens (primary N) is 2. The van der Waals surface area contributed by atoms with Gasteiger partial charge < -0.3 is 37.6 Å². The summed E-state index contributed by atoms with van der Waals surface area (Å²) in [6.45, 7) is 0.357. The van der Waals surface area contributed by atoms with Gasteiger partial charge in [-0.25, -0.2) is 4.79 Å². The van der Waals surface area contributed by atoms with Crippen LogP contribution in [0.25, 0.3) is 0 Å². The Morgan fingerprint density at radius 3 is 1.74 bits per heavy atom. The molecule has 12 nitrogen and oxygen atoms in total. The van der Waals surface area contributed by atoms with E-state index in [1.165, 1.54) is 0 Å². The molecule has 0 aromatic rings. The number of aliphatic carboxylic acids is 2. The van der Waals surface area contributed by atoms with E-state index in [4.69, 9.17) is 21.7 Å². The van der Waals surface area contributed by atoms with Gasteiger partial charge in [-0.15, -0.1) is 0 Å². The molecule has 0 aromatic heterocycles. The van der Waals surface area contributed by atoms with Gasteiger partial charge in [-0.2, -0.15) is 25.3 Å². The molecule has 0 rings (SSSR count). The summed E-state index contributed by atoms with van der Waals surface area (Å²) in [6.07, 6.45) is 0.523. The van der Waals surface area contributed by atoms with Crippen molar-refractivity contribution in [1.82, 2.24) is 16.0 Å². The topological polar surface area (TPSA) is 214 Å². The highest BCUT2D eigenvalue weighted by Gasteiger charge is 2.30. The van der Waals surface area contributed by atoms with Gasteiger partial charge in [-0.3, -0.25) is 19.2 Å². The van der Waals surface area contributed by atoms with E-state index in [0.29, 0.717) is 19.4 Å². The minimum Gasteiger partial charge on any atom is -0.481 e. The zero-order chi connectivity index (χ0) is 24.0. The Balaban J connectivity index is 5.41. The largest absolute Gasteiger partial charge is 0.481 e. The number of carbonyl (C=O) groups is 5. The standard InChI is InChI=1S/C17H31N5O7S2/c18-6-2-1-3-10(15(26)22-12(8-31)17(28)29)21-16(27)11(4-5-13(23)24)20-14(25)9(19)7-30/h9-12,30-31H,1-8,18-19H2,(H,20,25)(H,21,27)(H,22,26)(H,23,24)(H,28,29). The summed E-state index contributed by atoms with van der Waals surface area (Å²) < 4.78 is 0. The number of nitrogens with one attached hydrogen (secondary N) is 3. The van der Waals surface area contributed by atoms with E-state index in [2.05, 4.69) is 41.2 Å². The Morgan fingerprint density at radius 2 is 1.29 bits per heavy atom. The number of rotatable bonds is 16. The van der Waals surface area contributed by atoms with E-state index in [0.717, 1.165) is 0 Å². The van der Waals surface area contributed by atoms with Crippen molar-refractivity contribution >= 4 is 54.9 Å². The van der Waals surface area contributed by atoms with Gasteiger partial charge in [0, 0.05) is 17.9 Å². The van der Waals surface area contributed by atoms with E-state index < -0.39 is 60.2 Å². The van der Waals surface area contributed by atoms with Crippen molar-refractivity contribution in [3.8, 4) is 0 Å². The third-order valence-electron chi connectivity index (χ3n) is 4.19. The first-order valence-electron chi connectivity index (χ1n) is 9.60. The van der Waals surface area contributed by atoms with Crippen molar-refractivity contribution in [3.05, 3.63) is 0 Å². The predicted molar refractivity (Wildman–Crippen MR) is 119 cm³/mol. The number of hydrogen-bond acceptors (Lipinski definition) is 9. The van der Waals surface area contributed by atoms with E-state index in [9.17, 15) is 24.0 Å². The molecule has 4 atom stereocenters. The molecular weight excluding hydrogens is 450 g/mol. The molecule has 3 amide bonds. The molecule has 9 N–H and O–H groups in total. The van der Waals surface area contributed by atoms with Crippen LogP contribution >= 0.6 is 25.3 Å². The second-order valence-electron chi connectivity index (χ2n) is 6.71. The molecule has 0 aromatic carbocycles. The molecule has 0 heterocycles. The highest BCUT2D eigenvalue weighted by Crippen LogP contribution is 2.06. The molecule has 0 aliphatic heterocycles. The lowest BCUT2D eigenvalue weighted by atomic mass is 10.1. The maximum absolute atomic E-state index is 12.7. The van der Waals surface area contributed by atoms with Gasteiger partial charge in [0.25, 0.3) is 0 Å². The molecule has 178 valence electrons. The van der Waals surface area contributed by atoms with Gasteiger partial charge in [-0.05, 0) is 32.2 Å². The van der Waals surface area contributed by atoms with Crippen LogP contribution in [0.3, 0.4) is 0 Å². The van der Waals surface area contributed by atoms with Crippen molar-refractivity contribution in [2.24, 2.45) is 11.5 Å². The lowest BCUT2D eigenvalue weighted by molar-refractivity contribution is -0.141. The van der Waals surface area contributed by atoms with Crippen molar-refractivity contribution in [1.29, 1.82) is 0 Å². The first-order chi connectivity index (χ1) is 14.6. The van der Waals surface area contributed by atoms with Crippen molar-refractivity contribution in [2.45, 2.75) is 56.3 Å². The summed E-state index contributed by atoms with van der Waals surface area (Å²) in [4.78, 5) is 59.4. The minimum absolute atomic E-state index is 0.00350. The van der Waals surface area contributed by atoms with Crippen molar-refractivity contribution in [2.75, 3.05) is 18.1 Å². The van der Waals surface area contributed by atoms with Crippen LogP contribution in [0.15, 0.2) is 0 Å². The number of carbonyl (C=O) groups excluding carboxylic acids is 3. The number of hydrogen-bond donors (Lipinski definition) is 9. The smallest absolute Gasteiger partial charge is 0.327 e. The fourth-order valence-electron chi connectivity index (χ4n) is 2.39. The average molecular weight is 482 g/mol. The van der Waals surface area contributed by atoms with Crippen LogP contribution in [0.5, 0.6) is 0 Å². The SMILES string of the molecule is NCCCCC(NC(=O)C(CCC(=O)O)NC(=O)C(N)CS)C(=O)NC(CS)C(=O)O. The average Bonchev–Trinajstić information content (AvgIpc) is 2.72. The van der Waals surface area contributed by atoms with Crippen LogP contribution < -0.4 is 27.4 Å². The van der Waals surface area contributed by atoms with Gasteiger partial charge in [0.2, 0.25) is 17.7 Å². The van der Waals surface area contributed by atoms with E-state index in [1.54, 1.807) is 0 Å². The highest BCUT2D eigenvalue weighted by molar-refractivity contribution is 7.80. The monoisotopic (exact) mass is 481 g/mol. The Hall–Kier alpha value is -2.03. The van der Waals surface area contributed by atoms with E-state index >= 15 is 0 Å². The molecule has 0 radical (unpaired) electrons. The Labute approximate surface area is 191 Å². The number of unbranched alkanes of at least 4 members (excludes halogenated alkanes) is 1. The van der Waals surface area contributed by atoms with Crippen LogP contribution in [0, 0.1) is 0 Å². The van der Waals surface area contributed by atoms with Gasteiger partial charge in [0.1, 0.15) is 18.1 Å². The van der Waals surface area contributed by atoms with Crippen LogP contribution in [0.1, 0.15) is 32.1 Å². The second-order valence-corrected chi connectivity index (χ2v) is 7.44. The number of carboxylic acid groups (broad SMARTS) is 2. The van der Waals surface area contributed by atoms with Gasteiger partial charge in [0.15, 0.2) is 0 Å². The normalized spacial score (nSPS) is 14.6. The number of thiol groups is 2. The quantitative estimate of drug-likeness (QED) is 0.0855. The zero-order valence-corrected chi connectivity index (χ0v) is 18.7. The van der Waals surface area contributed by atoms with E-state index in [1.807, 2.05) is 0 Å². The Morgan fingerprint density at radius 1 is 0.774 bits per heavy atom. The van der Waals surface area contributed by atoms with Crippen LogP contribution in [0.4, 0.5) is 0 Å². The molecule has 31 heavy (non-hydrogen) atoms. The number of carboxylic acids is 2. The minimum atomic E-state index is -1.29. The Kier molecular flexibility index (Phi) is 14.7. The lowest BCUT2D eigenvalue weighted by Gasteiger charge is -2.24. The highest BCUT2D eigenvalue weighted by atomic mass is 32.1. The number of amides is 3. The van der Waals surface area contributed by atoms with Crippen molar-refractivity contribution in [3.63, 3.8) is 0 Å². The Bertz CT molecular complexity index is 638. The third-order valence-corrected chi connectivity index (χ3v) is 4.95. The second kappa shape index (κ2) is 15.7. The molecule has 14 heteroatoms. The fourth-order valence-corrected chi connectivity index (χ4v) is 2.80. The third kappa shape index (κ3) is 11.8. The summed E-state index contributed by atoms with van der Waals surface area (Å²) in [5, 5.41) is 25.1. The fraction of sp³-hybridized carbons (Fsp3) is 0.706. The molecule has 0 spiro atoms. The van der Waals surface area contributed by atoms with E-state index in [-0.39, 0.29) is 24.3 Å². The van der Waals surface area contributed by atoms with Gasteiger partial charge >= 0.3 is 11.9 Å². The van der Waals surface area contributed by atoms with Crippen LogP contribution in [-0.2, 0) is 24.0 Å². The maximum atomic E-state index is 12.7. The molecule has 0 saturated heterocycles. The molecule has 0 aliphatic carbocycles. The molecule has 0 bridgehead atoms. The zero-order valence-electron chi connectivity index (χ0n) is 17.0. The predicted octanol–water partition coefficient (Wildman–Crippen LogP) is -2.29. The summed E-state index contributed by atoms with van der Waals surface area (Å²) in [7, 11) is 0. The molecule has 0 fully saturated rings. The van der Waals surface area contributed by atoms with Crippen molar-refractivity contribution < 1.29 is 34.2 Å². The molecule has 0 saturated carbocycles. The lowest BCUT2D eigenvalue weighted by Crippen LogP contribution is -2.57.